The number of aryl methyl sites for hydroxylation is 1. The van der Waals surface area contributed by atoms with Crippen LogP contribution in [0, 0.1) is 5.82 Å². The summed E-state index contributed by atoms with van der Waals surface area (Å²) in [5, 5.41) is 2.96. The van der Waals surface area contributed by atoms with Crippen molar-refractivity contribution >= 4 is 33.2 Å². The number of hydrogen-bond acceptors (Lipinski definition) is 4. The summed E-state index contributed by atoms with van der Waals surface area (Å²) in [6, 6.07) is 18.8. The van der Waals surface area contributed by atoms with Gasteiger partial charge in [-0.25, -0.2) is 9.37 Å². The number of piperidine rings is 1. The third kappa shape index (κ3) is 5.80. The van der Waals surface area contributed by atoms with E-state index in [0.29, 0.717) is 31.2 Å². The fourth-order valence-corrected chi connectivity index (χ4v) is 5.27. The van der Waals surface area contributed by atoms with E-state index >= 15 is 0 Å². The molecule has 8 heteroatoms. The minimum absolute atomic E-state index is 0.162. The first-order chi connectivity index (χ1) is 18.0. The van der Waals surface area contributed by atoms with E-state index in [-0.39, 0.29) is 11.7 Å². The molecule has 0 unspecified atom stereocenters. The average Bonchev–Trinajstić information content (AvgIpc) is 3.30. The van der Waals surface area contributed by atoms with Gasteiger partial charge in [-0.05, 0) is 95.2 Å². The molecule has 1 aliphatic rings. The van der Waals surface area contributed by atoms with E-state index in [4.69, 9.17) is 4.74 Å². The van der Waals surface area contributed by atoms with Crippen molar-refractivity contribution in [2.24, 2.45) is 0 Å². The number of rotatable bonds is 8. The second-order valence-corrected chi connectivity index (χ2v) is 10.2. The molecule has 1 amide bonds. The number of halogens is 2. The summed E-state index contributed by atoms with van der Waals surface area (Å²) in [4.78, 5) is 19.9. The highest BCUT2D eigenvalue weighted by molar-refractivity contribution is 9.10. The number of carbonyl (C=O) groups is 1. The number of anilines is 1. The number of amides is 1. The molecule has 192 valence electrons. The van der Waals surface area contributed by atoms with Gasteiger partial charge < -0.3 is 15.0 Å². The molecule has 0 spiro atoms. The van der Waals surface area contributed by atoms with Gasteiger partial charge in [0.05, 0.1) is 12.2 Å². The topological polar surface area (TPSA) is 58.9 Å². The largest absolute Gasteiger partial charge is 0.492 e. The maximum absolute atomic E-state index is 13.2. The van der Waals surface area contributed by atoms with Crippen molar-refractivity contribution in [1.82, 2.24) is 14.7 Å². The lowest BCUT2D eigenvalue weighted by atomic mass is 9.89. The molecule has 0 aliphatic carbocycles. The number of pyridine rings is 1. The smallest absolute Gasteiger partial charge is 0.270 e. The van der Waals surface area contributed by atoms with Gasteiger partial charge in [-0.15, -0.1) is 0 Å². The van der Waals surface area contributed by atoms with E-state index in [1.54, 1.807) is 12.1 Å². The lowest BCUT2D eigenvalue weighted by Crippen LogP contribution is -2.32. The first kappa shape index (κ1) is 25.3. The van der Waals surface area contributed by atoms with Crippen LogP contribution < -0.4 is 15.0 Å². The van der Waals surface area contributed by atoms with Crippen molar-refractivity contribution in [3.63, 3.8) is 0 Å². The standard InChI is InChI=1S/C29H30BrFN4O2/c1-2-26-28(35-19-22(30)5-12-27(35)33-26)29(36)32-15-18-37-25-10-8-24(9-11-25)34-16-13-21(14-17-34)20-3-6-23(31)7-4-20/h3-12,19,21H,2,13-18H2,1H3,(H,32,36). The zero-order valence-electron chi connectivity index (χ0n) is 20.8. The van der Waals surface area contributed by atoms with Crippen LogP contribution in [-0.4, -0.2) is 41.5 Å². The van der Waals surface area contributed by atoms with E-state index in [1.165, 1.54) is 11.3 Å². The number of nitrogens with one attached hydrogen (secondary N) is 1. The van der Waals surface area contributed by atoms with Crippen LogP contribution in [0.4, 0.5) is 10.1 Å². The third-order valence-corrected chi connectivity index (χ3v) is 7.37. The molecule has 6 nitrogen and oxygen atoms in total. The zero-order valence-corrected chi connectivity index (χ0v) is 22.4. The van der Waals surface area contributed by atoms with Crippen LogP contribution in [-0.2, 0) is 6.42 Å². The summed E-state index contributed by atoms with van der Waals surface area (Å²) >= 11 is 3.47. The number of benzene rings is 2. The summed E-state index contributed by atoms with van der Waals surface area (Å²) in [5.41, 5.74) is 4.47. The molecular formula is C29H30BrFN4O2. The van der Waals surface area contributed by atoms with E-state index in [1.807, 2.05) is 53.9 Å². The van der Waals surface area contributed by atoms with Crippen LogP contribution in [0.3, 0.4) is 0 Å². The predicted molar refractivity (Wildman–Crippen MR) is 147 cm³/mol. The Morgan fingerprint density at radius 3 is 2.51 bits per heavy atom. The number of hydrogen-bond donors (Lipinski definition) is 1. The van der Waals surface area contributed by atoms with Crippen molar-refractivity contribution in [2.45, 2.75) is 32.1 Å². The number of fused-ring (bicyclic) bond motifs is 1. The lowest BCUT2D eigenvalue weighted by molar-refractivity contribution is 0.0940. The van der Waals surface area contributed by atoms with Gasteiger partial charge in [-0.3, -0.25) is 9.20 Å². The minimum Gasteiger partial charge on any atom is -0.492 e. The van der Waals surface area contributed by atoms with Crippen molar-refractivity contribution < 1.29 is 13.9 Å². The van der Waals surface area contributed by atoms with Gasteiger partial charge in [-0.2, -0.15) is 0 Å². The molecule has 3 heterocycles. The molecule has 1 N–H and O–H groups in total. The van der Waals surface area contributed by atoms with Gasteiger partial charge in [0, 0.05) is 29.4 Å². The number of carbonyl (C=O) groups excluding carboxylic acids is 1. The number of ether oxygens (including phenoxy) is 1. The van der Waals surface area contributed by atoms with Crippen LogP contribution in [0.2, 0.25) is 0 Å². The molecule has 1 saturated heterocycles. The Labute approximate surface area is 224 Å². The van der Waals surface area contributed by atoms with E-state index in [0.717, 1.165) is 47.5 Å². The molecule has 4 aromatic rings. The lowest BCUT2D eigenvalue weighted by Gasteiger charge is -2.34. The monoisotopic (exact) mass is 564 g/mol. The zero-order chi connectivity index (χ0) is 25.8. The van der Waals surface area contributed by atoms with Gasteiger partial charge >= 0.3 is 0 Å². The molecule has 2 aromatic carbocycles. The maximum atomic E-state index is 13.2. The molecular weight excluding hydrogens is 535 g/mol. The normalized spacial score (nSPS) is 14.2. The number of aromatic nitrogens is 2. The molecule has 0 saturated carbocycles. The molecule has 1 aliphatic heterocycles. The van der Waals surface area contributed by atoms with Crippen LogP contribution >= 0.6 is 15.9 Å². The Morgan fingerprint density at radius 2 is 1.81 bits per heavy atom. The Bertz CT molecular complexity index is 1360. The number of nitrogens with zero attached hydrogens (tertiary/aromatic N) is 3. The summed E-state index contributed by atoms with van der Waals surface area (Å²) in [7, 11) is 0. The van der Waals surface area contributed by atoms with E-state index in [2.05, 4.69) is 43.3 Å². The van der Waals surface area contributed by atoms with Gasteiger partial charge in [-0.1, -0.05) is 19.1 Å². The first-order valence-electron chi connectivity index (χ1n) is 12.7. The third-order valence-electron chi connectivity index (χ3n) is 6.90. The van der Waals surface area contributed by atoms with Crippen molar-refractivity contribution in [1.29, 1.82) is 0 Å². The van der Waals surface area contributed by atoms with E-state index in [9.17, 15) is 9.18 Å². The summed E-state index contributed by atoms with van der Waals surface area (Å²) < 4.78 is 21.8. The molecule has 37 heavy (non-hydrogen) atoms. The minimum atomic E-state index is -0.183. The molecule has 2 aromatic heterocycles. The van der Waals surface area contributed by atoms with Gasteiger partial charge in [0.15, 0.2) is 0 Å². The summed E-state index contributed by atoms with van der Waals surface area (Å²) in [6.07, 6.45) is 4.63. The Balaban J connectivity index is 1.10. The molecule has 5 rings (SSSR count). The SMILES string of the molecule is CCc1nc2ccc(Br)cn2c1C(=O)NCCOc1ccc(N2CCC(c3ccc(F)cc3)CC2)cc1. The van der Waals surface area contributed by atoms with Crippen LogP contribution in [0.15, 0.2) is 71.3 Å². The van der Waals surface area contributed by atoms with E-state index < -0.39 is 0 Å². The highest BCUT2D eigenvalue weighted by Gasteiger charge is 2.21. The van der Waals surface area contributed by atoms with Crippen LogP contribution in [0.25, 0.3) is 5.65 Å². The van der Waals surface area contributed by atoms with Gasteiger partial charge in [0.2, 0.25) is 0 Å². The quantitative estimate of drug-likeness (QED) is 0.267. The first-order valence-corrected chi connectivity index (χ1v) is 13.5. The fourth-order valence-electron chi connectivity index (χ4n) is 4.93. The Hall–Kier alpha value is -3.39. The summed E-state index contributed by atoms with van der Waals surface area (Å²) in [6.45, 7) is 4.69. The van der Waals surface area contributed by atoms with Gasteiger partial charge in [0.1, 0.15) is 29.5 Å². The van der Waals surface area contributed by atoms with Crippen molar-refractivity contribution in [3.05, 3.63) is 94.1 Å². The molecule has 0 atom stereocenters. The summed E-state index contributed by atoms with van der Waals surface area (Å²) in [5.74, 6) is 0.902. The van der Waals surface area contributed by atoms with Crippen LogP contribution in [0.1, 0.15) is 47.4 Å². The van der Waals surface area contributed by atoms with Gasteiger partial charge in [0.25, 0.3) is 5.91 Å². The van der Waals surface area contributed by atoms with Crippen LogP contribution in [0.5, 0.6) is 5.75 Å². The maximum Gasteiger partial charge on any atom is 0.270 e. The molecule has 0 bridgehead atoms. The highest BCUT2D eigenvalue weighted by atomic mass is 79.9. The molecule has 1 fully saturated rings. The highest BCUT2D eigenvalue weighted by Crippen LogP contribution is 2.31. The Kier molecular flexibility index (Phi) is 7.74. The number of imidazole rings is 1. The fraction of sp³-hybridized carbons (Fsp3) is 0.310. The second kappa shape index (κ2) is 11.3. The average molecular weight is 565 g/mol. The van der Waals surface area contributed by atoms with Crippen molar-refractivity contribution in [3.8, 4) is 5.75 Å². The molecule has 0 radical (unpaired) electrons. The predicted octanol–water partition coefficient (Wildman–Crippen LogP) is 5.99. The second-order valence-electron chi connectivity index (χ2n) is 9.25. The Morgan fingerprint density at radius 1 is 1.08 bits per heavy atom. The van der Waals surface area contributed by atoms with Crippen molar-refractivity contribution in [2.75, 3.05) is 31.1 Å².